The molecule has 3 aromatic carbocycles. The summed E-state index contributed by atoms with van der Waals surface area (Å²) >= 11 is 1.77. The number of hydrogen-bond acceptors (Lipinski definition) is 8. The average molecular weight is 669 g/mol. The molecule has 250 valence electrons. The number of fused-ring (bicyclic) bond motifs is 1. The molecule has 0 bridgehead atoms. The quantitative estimate of drug-likeness (QED) is 0.180. The number of piperidine rings is 1. The van der Waals surface area contributed by atoms with E-state index >= 15 is 0 Å². The van der Waals surface area contributed by atoms with Crippen molar-refractivity contribution in [2.24, 2.45) is 0 Å². The third-order valence-electron chi connectivity index (χ3n) is 9.14. The first-order chi connectivity index (χ1) is 22.2. The van der Waals surface area contributed by atoms with Gasteiger partial charge in [-0.1, -0.05) is 42.8 Å². The van der Waals surface area contributed by atoms with Crippen molar-refractivity contribution in [2.75, 3.05) is 58.2 Å². The van der Waals surface area contributed by atoms with Gasteiger partial charge >= 0.3 is 0 Å². The molecule has 0 aliphatic carbocycles. The minimum atomic E-state index is -3.75. The van der Waals surface area contributed by atoms with Crippen LogP contribution in [0.25, 0.3) is 0 Å². The molecule has 8 nitrogen and oxygen atoms in total. The molecule has 0 unspecified atom stereocenters. The Balaban J connectivity index is 1.45. The molecule has 46 heavy (non-hydrogen) atoms. The fraction of sp³-hybridized carbons (Fsp3) is 0.500. The van der Waals surface area contributed by atoms with Crippen LogP contribution in [0.4, 0.5) is 5.69 Å². The lowest BCUT2D eigenvalue weighted by Gasteiger charge is -2.44. The number of nitrogens with zero attached hydrogens (tertiary/aromatic N) is 2. The summed E-state index contributed by atoms with van der Waals surface area (Å²) in [7, 11) is -0.362. The van der Waals surface area contributed by atoms with E-state index in [9.17, 15) is 8.42 Å². The molecule has 1 saturated heterocycles. The second kappa shape index (κ2) is 15.9. The molecule has 2 aliphatic heterocycles. The van der Waals surface area contributed by atoms with E-state index in [4.69, 9.17) is 18.9 Å². The third-order valence-corrected chi connectivity index (χ3v) is 12.1. The zero-order chi connectivity index (χ0) is 32.7. The van der Waals surface area contributed by atoms with E-state index in [0.29, 0.717) is 36.4 Å². The largest absolute Gasteiger partial charge is 0.497 e. The lowest BCUT2D eigenvalue weighted by atomic mass is 9.83. The van der Waals surface area contributed by atoms with Crippen molar-refractivity contribution >= 4 is 27.5 Å². The Hall–Kier alpha value is -2.76. The summed E-state index contributed by atoms with van der Waals surface area (Å²) in [5.74, 6) is 1.68. The van der Waals surface area contributed by atoms with Crippen molar-refractivity contribution in [3.63, 3.8) is 0 Å². The Bertz CT molecular complexity index is 1520. The van der Waals surface area contributed by atoms with Crippen LogP contribution in [0.2, 0.25) is 0 Å². The van der Waals surface area contributed by atoms with Crippen molar-refractivity contribution in [1.82, 2.24) is 4.31 Å². The molecular formula is C36H48N2O6S2. The number of benzene rings is 3. The predicted octanol–water partition coefficient (Wildman–Crippen LogP) is 6.51. The number of sulfonamides is 1. The van der Waals surface area contributed by atoms with Crippen LogP contribution in [0.5, 0.6) is 11.5 Å². The van der Waals surface area contributed by atoms with E-state index in [-0.39, 0.29) is 24.6 Å². The number of hydrogen-bond donors (Lipinski definition) is 0. The van der Waals surface area contributed by atoms with Gasteiger partial charge in [0.05, 0.1) is 36.9 Å². The molecule has 1 fully saturated rings. The van der Waals surface area contributed by atoms with E-state index in [1.807, 2.05) is 43.3 Å². The first-order valence-electron chi connectivity index (χ1n) is 16.1. The number of rotatable bonds is 14. The molecule has 4 atom stereocenters. The summed E-state index contributed by atoms with van der Waals surface area (Å²) in [5.41, 5.74) is 4.25. The van der Waals surface area contributed by atoms with E-state index in [1.165, 1.54) is 0 Å². The van der Waals surface area contributed by atoms with E-state index in [0.717, 1.165) is 59.8 Å². The highest BCUT2D eigenvalue weighted by atomic mass is 32.2. The van der Waals surface area contributed by atoms with Gasteiger partial charge in [-0.25, -0.2) is 8.42 Å². The van der Waals surface area contributed by atoms with Crippen LogP contribution in [-0.2, 0) is 26.1 Å². The number of aryl methyl sites for hydroxylation is 1. The molecule has 0 amide bonds. The third kappa shape index (κ3) is 8.20. The van der Waals surface area contributed by atoms with Gasteiger partial charge in [0.25, 0.3) is 0 Å². The van der Waals surface area contributed by atoms with Gasteiger partial charge < -0.3 is 23.8 Å². The highest BCUT2D eigenvalue weighted by Gasteiger charge is 2.43. The molecule has 0 N–H and O–H groups in total. The SMILES string of the molecule is COCCCN1CCOc2ccc(CO[C@H]3CN(S(=O)(=O)c4ccc(C)cc4)[C@@H](C[C@H](C)SC)C[C@@H]3c3ccc(OC)cc3)cc21. The number of anilines is 1. The normalized spacial score (nSPS) is 21.0. The predicted molar refractivity (Wildman–Crippen MR) is 186 cm³/mol. The maximum absolute atomic E-state index is 14.2. The fourth-order valence-electron chi connectivity index (χ4n) is 6.46. The Morgan fingerprint density at radius 1 is 1.04 bits per heavy atom. The molecule has 2 aliphatic rings. The van der Waals surface area contributed by atoms with Crippen LogP contribution in [0.1, 0.15) is 48.8 Å². The number of ether oxygens (including phenoxy) is 4. The Labute approximate surface area is 279 Å². The van der Waals surface area contributed by atoms with Crippen LogP contribution in [-0.4, -0.2) is 83.4 Å². The van der Waals surface area contributed by atoms with Gasteiger partial charge in [0, 0.05) is 44.0 Å². The number of methoxy groups -OCH3 is 2. The molecule has 0 aromatic heterocycles. The number of thioether (sulfide) groups is 1. The molecule has 5 rings (SSSR count). The van der Waals surface area contributed by atoms with Crippen molar-refractivity contribution in [3.05, 3.63) is 83.4 Å². The molecule has 0 saturated carbocycles. The molecule has 2 heterocycles. The smallest absolute Gasteiger partial charge is 0.243 e. The highest BCUT2D eigenvalue weighted by molar-refractivity contribution is 7.99. The first kappa shape index (κ1) is 34.6. The molecule has 0 radical (unpaired) electrons. The lowest BCUT2D eigenvalue weighted by molar-refractivity contribution is -0.0207. The van der Waals surface area contributed by atoms with Gasteiger partial charge in [0.2, 0.25) is 10.0 Å². The Morgan fingerprint density at radius 2 is 1.80 bits per heavy atom. The van der Waals surface area contributed by atoms with Crippen molar-refractivity contribution in [3.8, 4) is 11.5 Å². The van der Waals surface area contributed by atoms with Gasteiger partial charge in [-0.3, -0.25) is 0 Å². The topological polar surface area (TPSA) is 77.5 Å². The van der Waals surface area contributed by atoms with E-state index < -0.39 is 10.0 Å². The zero-order valence-electron chi connectivity index (χ0n) is 27.7. The minimum Gasteiger partial charge on any atom is -0.497 e. The molecule has 0 spiro atoms. The summed E-state index contributed by atoms with van der Waals surface area (Å²) in [5, 5.41) is 0.305. The average Bonchev–Trinajstić information content (AvgIpc) is 3.07. The van der Waals surface area contributed by atoms with Crippen LogP contribution in [0, 0.1) is 6.92 Å². The maximum Gasteiger partial charge on any atom is 0.243 e. The molecule has 10 heteroatoms. The van der Waals surface area contributed by atoms with Crippen molar-refractivity contribution in [1.29, 1.82) is 0 Å². The zero-order valence-corrected chi connectivity index (χ0v) is 29.3. The molecular weight excluding hydrogens is 621 g/mol. The van der Waals surface area contributed by atoms with Crippen LogP contribution < -0.4 is 14.4 Å². The summed E-state index contributed by atoms with van der Waals surface area (Å²) in [6.07, 6.45) is 4.10. The van der Waals surface area contributed by atoms with Crippen molar-refractivity contribution in [2.45, 2.75) is 67.9 Å². The van der Waals surface area contributed by atoms with Crippen molar-refractivity contribution < 1.29 is 27.4 Å². The summed E-state index contributed by atoms with van der Waals surface area (Å²) < 4.78 is 53.6. The first-order valence-corrected chi connectivity index (χ1v) is 18.8. The summed E-state index contributed by atoms with van der Waals surface area (Å²) in [6.45, 7) is 7.85. The summed E-state index contributed by atoms with van der Waals surface area (Å²) in [4.78, 5) is 2.67. The highest BCUT2D eigenvalue weighted by Crippen LogP contribution is 2.40. The van der Waals surface area contributed by atoms with Crippen LogP contribution in [0.15, 0.2) is 71.6 Å². The van der Waals surface area contributed by atoms with Gasteiger partial charge in [-0.05, 0) is 80.0 Å². The second-order valence-electron chi connectivity index (χ2n) is 12.3. The Morgan fingerprint density at radius 3 is 2.50 bits per heavy atom. The minimum absolute atomic E-state index is 0.0148. The Kier molecular flexibility index (Phi) is 11.9. The summed E-state index contributed by atoms with van der Waals surface area (Å²) in [6, 6.07) is 21.4. The standard InChI is InChI=1S/C36H48N2O6S2/c1-26-7-14-32(15-8-26)46(39,40)38-24-36(33(23-30(38)21-27(2)45-5)29-10-12-31(42-4)13-11-29)44-25-28-9-16-35-34(22-28)37(18-20-43-35)17-6-19-41-3/h7-16,22,27,30,33,36H,6,17-21,23-25H2,1-5H3/t27-,30-,33+,36-/m0/s1. The van der Waals surface area contributed by atoms with Gasteiger partial charge in [0.1, 0.15) is 18.1 Å². The molecule has 3 aromatic rings. The lowest BCUT2D eigenvalue weighted by Crippen LogP contribution is -2.52. The van der Waals surface area contributed by atoms with Crippen LogP contribution >= 0.6 is 11.8 Å². The maximum atomic E-state index is 14.2. The second-order valence-corrected chi connectivity index (χ2v) is 15.4. The van der Waals surface area contributed by atoms with E-state index in [1.54, 1.807) is 42.4 Å². The van der Waals surface area contributed by atoms with Gasteiger partial charge in [-0.2, -0.15) is 16.1 Å². The van der Waals surface area contributed by atoms with Crippen LogP contribution in [0.3, 0.4) is 0 Å². The monoisotopic (exact) mass is 668 g/mol. The van der Waals surface area contributed by atoms with Gasteiger partial charge in [-0.15, -0.1) is 0 Å². The fourth-order valence-corrected chi connectivity index (χ4v) is 8.54. The van der Waals surface area contributed by atoms with Gasteiger partial charge in [0.15, 0.2) is 0 Å². The van der Waals surface area contributed by atoms with E-state index in [2.05, 4.69) is 36.3 Å².